The fourth-order valence-electron chi connectivity index (χ4n) is 4.61. The predicted molar refractivity (Wildman–Crippen MR) is 133 cm³/mol. The van der Waals surface area contributed by atoms with Crippen LogP contribution in [0.5, 0.6) is 11.5 Å². The molecule has 8 heteroatoms. The van der Waals surface area contributed by atoms with Crippen LogP contribution in [0.25, 0.3) is 0 Å². The van der Waals surface area contributed by atoms with Gasteiger partial charge in [0.25, 0.3) is 0 Å². The van der Waals surface area contributed by atoms with Crippen LogP contribution >= 0.6 is 23.8 Å². The van der Waals surface area contributed by atoms with Gasteiger partial charge >= 0.3 is 0 Å². The number of halogens is 1. The van der Waals surface area contributed by atoms with E-state index in [0.717, 1.165) is 11.3 Å². The van der Waals surface area contributed by atoms with E-state index in [4.69, 9.17) is 33.3 Å². The van der Waals surface area contributed by atoms with Gasteiger partial charge in [0.05, 0.1) is 13.2 Å². The molecule has 3 aromatic carbocycles. The highest BCUT2D eigenvalue weighted by molar-refractivity contribution is 7.80. The Morgan fingerprint density at radius 1 is 1.15 bits per heavy atom. The predicted octanol–water partition coefficient (Wildman–Crippen LogP) is 5.15. The van der Waals surface area contributed by atoms with E-state index in [1.165, 1.54) is 0 Å². The minimum atomic E-state index is -1.08. The number of nitrogens with one attached hydrogen (secondary N) is 2. The van der Waals surface area contributed by atoms with Crippen molar-refractivity contribution in [2.75, 3.05) is 17.3 Å². The Bertz CT molecular complexity index is 1220. The van der Waals surface area contributed by atoms with Crippen LogP contribution < -0.4 is 25.0 Å². The zero-order valence-electron chi connectivity index (χ0n) is 18.0. The molecule has 168 valence electrons. The van der Waals surface area contributed by atoms with Gasteiger partial charge in [0.1, 0.15) is 17.4 Å². The number of para-hydroxylation sites is 1. The summed E-state index contributed by atoms with van der Waals surface area (Å²) in [6.45, 7) is 1.90. The number of anilines is 2. The first kappa shape index (κ1) is 21.6. The minimum absolute atomic E-state index is 0.200. The van der Waals surface area contributed by atoms with Crippen molar-refractivity contribution in [2.45, 2.75) is 18.7 Å². The maximum absolute atomic E-state index is 13.8. The Hall–Kier alpha value is -3.29. The number of benzene rings is 3. The molecule has 3 atom stereocenters. The van der Waals surface area contributed by atoms with Gasteiger partial charge in [-0.05, 0) is 73.7 Å². The van der Waals surface area contributed by atoms with Gasteiger partial charge in [-0.2, -0.15) is 0 Å². The second-order valence-electron chi connectivity index (χ2n) is 8.13. The monoisotopic (exact) mass is 479 g/mol. The van der Waals surface area contributed by atoms with Gasteiger partial charge in [-0.25, -0.2) is 0 Å². The van der Waals surface area contributed by atoms with E-state index in [2.05, 4.69) is 10.6 Å². The van der Waals surface area contributed by atoms with Crippen molar-refractivity contribution in [1.29, 1.82) is 0 Å². The summed E-state index contributed by atoms with van der Waals surface area (Å²) in [5.74, 6) is 0.514. The van der Waals surface area contributed by atoms with Crippen LogP contribution in [0.1, 0.15) is 18.5 Å². The topological polar surface area (TPSA) is 62.8 Å². The summed E-state index contributed by atoms with van der Waals surface area (Å²) >= 11 is 11.8. The van der Waals surface area contributed by atoms with Crippen molar-refractivity contribution >= 4 is 46.2 Å². The molecule has 0 unspecified atom stereocenters. The number of thiocarbonyl (C=S) groups is 1. The first-order valence-electron chi connectivity index (χ1n) is 10.5. The van der Waals surface area contributed by atoms with Crippen LogP contribution in [0.4, 0.5) is 11.4 Å². The standard InChI is InChI=1S/C25H22ClN3O3S/c1-25-21(23(30)27-16-10-8-15(26)9-11-16)22(19-14-18(31-2)12-13-20(19)32-25)28-24(33)29(25)17-6-4-3-5-7-17/h3-14,21-22H,1-2H3,(H,27,30)(H,28,33)/t21-,22-,25-/m1/s1. The lowest BCUT2D eigenvalue weighted by Gasteiger charge is -2.56. The number of rotatable bonds is 4. The molecule has 2 aliphatic rings. The lowest BCUT2D eigenvalue weighted by atomic mass is 9.78. The molecule has 0 spiro atoms. The number of hydrogen-bond donors (Lipinski definition) is 2. The van der Waals surface area contributed by atoms with Crippen LogP contribution in [0, 0.1) is 5.92 Å². The average molecular weight is 480 g/mol. The highest BCUT2D eigenvalue weighted by Crippen LogP contribution is 2.50. The van der Waals surface area contributed by atoms with E-state index in [1.54, 1.807) is 31.4 Å². The van der Waals surface area contributed by atoms with E-state index in [1.807, 2.05) is 60.4 Å². The SMILES string of the molecule is COc1ccc2c(c1)[C@H]1NC(=S)N(c3ccccc3)[C@](C)(O2)[C@H]1C(=O)Nc1ccc(Cl)cc1. The van der Waals surface area contributed by atoms with Crippen molar-refractivity contribution in [1.82, 2.24) is 5.32 Å². The Morgan fingerprint density at radius 3 is 2.58 bits per heavy atom. The largest absolute Gasteiger partial charge is 0.497 e. The van der Waals surface area contributed by atoms with Crippen LogP contribution in [0.3, 0.4) is 0 Å². The third-order valence-electron chi connectivity index (χ3n) is 6.11. The zero-order chi connectivity index (χ0) is 23.2. The molecule has 2 heterocycles. The summed E-state index contributed by atoms with van der Waals surface area (Å²) in [4.78, 5) is 15.6. The van der Waals surface area contributed by atoms with Crippen LogP contribution in [0.2, 0.25) is 5.02 Å². The summed E-state index contributed by atoms with van der Waals surface area (Å²) in [7, 11) is 1.61. The molecule has 1 fully saturated rings. The normalized spacial score (nSPS) is 23.1. The summed E-state index contributed by atoms with van der Waals surface area (Å²) in [5.41, 5.74) is 1.22. The number of fused-ring (bicyclic) bond motifs is 4. The minimum Gasteiger partial charge on any atom is -0.497 e. The molecule has 3 aromatic rings. The molecule has 1 amide bonds. The van der Waals surface area contributed by atoms with Crippen molar-refractivity contribution in [3.8, 4) is 11.5 Å². The van der Waals surface area contributed by atoms with Crippen molar-refractivity contribution in [2.24, 2.45) is 5.92 Å². The molecular formula is C25H22ClN3O3S. The Kier molecular flexibility index (Phi) is 5.38. The van der Waals surface area contributed by atoms with E-state index in [9.17, 15) is 4.79 Å². The molecule has 5 rings (SSSR count). The van der Waals surface area contributed by atoms with Crippen molar-refractivity contribution in [3.63, 3.8) is 0 Å². The first-order chi connectivity index (χ1) is 15.9. The van der Waals surface area contributed by atoms with Gasteiger partial charge in [0, 0.05) is 22.0 Å². The molecule has 0 radical (unpaired) electrons. The maximum atomic E-state index is 13.8. The molecule has 1 saturated heterocycles. The number of carbonyl (C=O) groups is 1. The van der Waals surface area contributed by atoms with E-state index < -0.39 is 17.7 Å². The molecule has 0 aliphatic carbocycles. The van der Waals surface area contributed by atoms with Gasteiger partial charge in [0.15, 0.2) is 10.8 Å². The van der Waals surface area contributed by atoms with Crippen LogP contribution in [0.15, 0.2) is 72.8 Å². The van der Waals surface area contributed by atoms with Crippen molar-refractivity contribution in [3.05, 3.63) is 83.4 Å². The lowest BCUT2D eigenvalue weighted by Crippen LogP contribution is -2.72. The zero-order valence-corrected chi connectivity index (χ0v) is 19.6. The number of methoxy groups -OCH3 is 1. The molecule has 33 heavy (non-hydrogen) atoms. The maximum Gasteiger partial charge on any atom is 0.236 e. The molecule has 2 aliphatic heterocycles. The summed E-state index contributed by atoms with van der Waals surface area (Å²) < 4.78 is 12.0. The van der Waals surface area contributed by atoms with E-state index >= 15 is 0 Å². The molecule has 2 bridgehead atoms. The quantitative estimate of drug-likeness (QED) is 0.505. The summed E-state index contributed by atoms with van der Waals surface area (Å²) in [6, 6.07) is 21.9. The molecule has 2 N–H and O–H groups in total. The molecular weight excluding hydrogens is 458 g/mol. The molecule has 0 saturated carbocycles. The Labute approximate surface area is 202 Å². The van der Waals surface area contributed by atoms with Crippen molar-refractivity contribution < 1.29 is 14.3 Å². The molecule has 0 aromatic heterocycles. The highest BCUT2D eigenvalue weighted by Gasteiger charge is 2.59. The van der Waals surface area contributed by atoms with Crippen LogP contribution in [-0.4, -0.2) is 23.9 Å². The highest BCUT2D eigenvalue weighted by atomic mass is 35.5. The van der Waals surface area contributed by atoms with Gasteiger partial charge in [-0.1, -0.05) is 29.8 Å². The van der Waals surface area contributed by atoms with Gasteiger partial charge < -0.3 is 20.1 Å². The lowest BCUT2D eigenvalue weighted by molar-refractivity contribution is -0.130. The third-order valence-corrected chi connectivity index (χ3v) is 6.67. The number of nitrogens with zero attached hydrogens (tertiary/aromatic N) is 1. The van der Waals surface area contributed by atoms with Crippen LogP contribution in [-0.2, 0) is 4.79 Å². The van der Waals surface area contributed by atoms with E-state index in [0.29, 0.717) is 27.3 Å². The number of carbonyl (C=O) groups excluding carboxylic acids is 1. The van der Waals surface area contributed by atoms with Gasteiger partial charge in [-0.15, -0.1) is 0 Å². The summed E-state index contributed by atoms with van der Waals surface area (Å²) in [5, 5.41) is 7.50. The fraction of sp³-hybridized carbons (Fsp3) is 0.200. The van der Waals surface area contributed by atoms with E-state index in [-0.39, 0.29) is 5.91 Å². The Morgan fingerprint density at radius 2 is 1.88 bits per heavy atom. The second kappa shape index (κ2) is 8.24. The molecule has 6 nitrogen and oxygen atoms in total. The Balaban J connectivity index is 1.62. The number of hydrogen-bond acceptors (Lipinski definition) is 4. The second-order valence-corrected chi connectivity index (χ2v) is 8.96. The third kappa shape index (κ3) is 3.67. The van der Waals surface area contributed by atoms with Gasteiger partial charge in [-0.3, -0.25) is 9.69 Å². The van der Waals surface area contributed by atoms with Gasteiger partial charge in [0.2, 0.25) is 5.91 Å². The number of ether oxygens (including phenoxy) is 2. The summed E-state index contributed by atoms with van der Waals surface area (Å²) in [6.07, 6.45) is 0. The average Bonchev–Trinajstić information content (AvgIpc) is 2.80. The fourth-order valence-corrected chi connectivity index (χ4v) is 5.15. The number of amides is 1. The first-order valence-corrected chi connectivity index (χ1v) is 11.3. The smallest absolute Gasteiger partial charge is 0.236 e.